The standard InChI is InChI=1S/C24H24ClN5OS2/c25-18-8-10-21(11-9-18)31-15-23-26-19(16-32-23)17-33-24-28-27-22(14-29-12-4-5-13-29)30(24)20-6-2-1-3-7-20/h1-3,6-11,16H,4-5,12-15,17H2. The van der Waals surface area contributed by atoms with E-state index in [1.165, 1.54) is 12.8 Å². The van der Waals surface area contributed by atoms with Crippen LogP contribution < -0.4 is 4.74 Å². The normalized spacial score (nSPS) is 14.1. The van der Waals surface area contributed by atoms with Gasteiger partial charge >= 0.3 is 0 Å². The second-order valence-electron chi connectivity index (χ2n) is 7.82. The Morgan fingerprint density at radius 1 is 1.00 bits per heavy atom. The van der Waals surface area contributed by atoms with Crippen LogP contribution in [0.1, 0.15) is 29.4 Å². The Balaban J connectivity index is 1.25. The van der Waals surface area contributed by atoms with Gasteiger partial charge in [0.25, 0.3) is 0 Å². The molecule has 1 aliphatic heterocycles. The number of hydrogen-bond acceptors (Lipinski definition) is 7. The van der Waals surface area contributed by atoms with Crippen LogP contribution in [0.2, 0.25) is 5.02 Å². The summed E-state index contributed by atoms with van der Waals surface area (Å²) in [5.74, 6) is 2.50. The monoisotopic (exact) mass is 497 g/mol. The molecule has 0 aliphatic carbocycles. The van der Waals surface area contributed by atoms with Crippen LogP contribution in [0.15, 0.2) is 65.1 Å². The van der Waals surface area contributed by atoms with Crippen molar-refractivity contribution in [2.75, 3.05) is 13.1 Å². The summed E-state index contributed by atoms with van der Waals surface area (Å²) in [6.07, 6.45) is 2.52. The first-order valence-electron chi connectivity index (χ1n) is 10.9. The Hall–Kier alpha value is -2.39. The van der Waals surface area contributed by atoms with Gasteiger partial charge in [-0.15, -0.1) is 21.5 Å². The summed E-state index contributed by atoms with van der Waals surface area (Å²) in [5, 5.41) is 13.7. The molecular formula is C24H24ClN5OS2. The topological polar surface area (TPSA) is 56.1 Å². The number of para-hydroxylation sites is 1. The Bertz CT molecular complexity index is 1170. The minimum atomic E-state index is 0.442. The summed E-state index contributed by atoms with van der Waals surface area (Å²) in [6.45, 7) is 3.52. The Morgan fingerprint density at radius 2 is 1.79 bits per heavy atom. The van der Waals surface area contributed by atoms with E-state index in [4.69, 9.17) is 21.3 Å². The molecule has 1 fully saturated rings. The fourth-order valence-corrected chi connectivity index (χ4v) is 5.57. The molecule has 0 atom stereocenters. The maximum atomic E-state index is 5.93. The van der Waals surface area contributed by atoms with Gasteiger partial charge in [-0.05, 0) is 62.3 Å². The number of halogens is 1. The predicted molar refractivity (Wildman–Crippen MR) is 133 cm³/mol. The van der Waals surface area contributed by atoms with E-state index in [0.29, 0.717) is 11.6 Å². The lowest BCUT2D eigenvalue weighted by molar-refractivity contribution is 0.305. The highest BCUT2D eigenvalue weighted by atomic mass is 35.5. The fraction of sp³-hybridized carbons (Fsp3) is 0.292. The van der Waals surface area contributed by atoms with Crippen molar-refractivity contribution in [3.8, 4) is 11.4 Å². The van der Waals surface area contributed by atoms with Gasteiger partial charge in [0.05, 0.1) is 12.2 Å². The molecule has 6 nitrogen and oxygen atoms in total. The lowest BCUT2D eigenvalue weighted by Gasteiger charge is -2.15. The van der Waals surface area contributed by atoms with Gasteiger partial charge in [-0.3, -0.25) is 9.47 Å². The number of hydrogen-bond donors (Lipinski definition) is 0. The maximum Gasteiger partial charge on any atom is 0.196 e. The second kappa shape index (κ2) is 10.7. The van der Waals surface area contributed by atoms with Gasteiger partial charge in [0.2, 0.25) is 0 Å². The zero-order valence-electron chi connectivity index (χ0n) is 18.1. The van der Waals surface area contributed by atoms with Crippen LogP contribution in [0, 0.1) is 0 Å². The van der Waals surface area contributed by atoms with Gasteiger partial charge in [0, 0.05) is 21.8 Å². The number of benzene rings is 2. The minimum Gasteiger partial charge on any atom is -0.486 e. The lowest BCUT2D eigenvalue weighted by Crippen LogP contribution is -2.21. The predicted octanol–water partition coefficient (Wildman–Crippen LogP) is 5.84. The van der Waals surface area contributed by atoms with E-state index >= 15 is 0 Å². The molecule has 1 aliphatic rings. The Labute approximate surface area is 206 Å². The average molecular weight is 498 g/mol. The molecule has 9 heteroatoms. The molecule has 0 radical (unpaired) electrons. The van der Waals surface area contributed by atoms with Crippen LogP contribution in [0.25, 0.3) is 5.69 Å². The Kier molecular flexibility index (Phi) is 7.26. The first-order valence-corrected chi connectivity index (χ1v) is 13.2. The molecule has 0 unspecified atom stereocenters. The molecule has 0 spiro atoms. The molecule has 2 aromatic carbocycles. The molecule has 33 heavy (non-hydrogen) atoms. The van der Waals surface area contributed by atoms with Crippen LogP contribution in [-0.2, 0) is 18.9 Å². The number of thiazole rings is 1. The van der Waals surface area contributed by atoms with E-state index in [2.05, 4.69) is 49.3 Å². The zero-order valence-corrected chi connectivity index (χ0v) is 20.5. The van der Waals surface area contributed by atoms with Crippen LogP contribution in [-0.4, -0.2) is 37.7 Å². The number of nitrogens with zero attached hydrogens (tertiary/aromatic N) is 5. The summed E-state index contributed by atoms with van der Waals surface area (Å²) in [4.78, 5) is 7.18. The summed E-state index contributed by atoms with van der Waals surface area (Å²) in [7, 11) is 0. The third-order valence-corrected chi connectivity index (χ3v) is 7.49. The maximum absolute atomic E-state index is 5.93. The molecule has 3 heterocycles. The summed E-state index contributed by atoms with van der Waals surface area (Å²) in [5.41, 5.74) is 2.11. The third-order valence-electron chi connectivity index (χ3n) is 5.40. The van der Waals surface area contributed by atoms with Crippen LogP contribution in [0.5, 0.6) is 5.75 Å². The molecule has 0 bridgehead atoms. The number of likely N-dealkylation sites (tertiary alicyclic amines) is 1. The molecule has 170 valence electrons. The zero-order chi connectivity index (χ0) is 22.5. The third kappa shape index (κ3) is 5.76. The van der Waals surface area contributed by atoms with E-state index in [1.807, 2.05) is 30.3 Å². The molecule has 1 saturated heterocycles. The first-order chi connectivity index (χ1) is 16.2. The highest BCUT2D eigenvalue weighted by molar-refractivity contribution is 7.98. The smallest absolute Gasteiger partial charge is 0.196 e. The average Bonchev–Trinajstić information content (AvgIpc) is 3.60. The number of thioether (sulfide) groups is 1. The fourth-order valence-electron chi connectivity index (χ4n) is 3.77. The van der Waals surface area contributed by atoms with Crippen molar-refractivity contribution >= 4 is 34.7 Å². The van der Waals surface area contributed by atoms with Gasteiger partial charge in [0.1, 0.15) is 17.4 Å². The lowest BCUT2D eigenvalue weighted by atomic mass is 10.3. The molecule has 0 amide bonds. The second-order valence-corrected chi connectivity index (χ2v) is 10.1. The van der Waals surface area contributed by atoms with Crippen molar-refractivity contribution < 1.29 is 4.74 Å². The summed E-state index contributed by atoms with van der Waals surface area (Å²) < 4.78 is 8.00. The number of ether oxygens (including phenoxy) is 1. The van der Waals surface area contributed by atoms with E-state index in [-0.39, 0.29) is 0 Å². The van der Waals surface area contributed by atoms with Crippen molar-refractivity contribution in [3.05, 3.63) is 81.5 Å². The van der Waals surface area contributed by atoms with Crippen molar-refractivity contribution in [3.63, 3.8) is 0 Å². The quantitative estimate of drug-likeness (QED) is 0.270. The molecule has 5 rings (SSSR count). The SMILES string of the molecule is Clc1ccc(OCc2nc(CSc3nnc(CN4CCCC4)n3-c3ccccc3)cs2)cc1. The van der Waals surface area contributed by atoms with Crippen molar-refractivity contribution in [2.24, 2.45) is 0 Å². The van der Waals surface area contributed by atoms with E-state index in [1.54, 1.807) is 23.1 Å². The summed E-state index contributed by atoms with van der Waals surface area (Å²) in [6, 6.07) is 17.7. The van der Waals surface area contributed by atoms with Crippen LogP contribution in [0.4, 0.5) is 0 Å². The molecular weight excluding hydrogens is 474 g/mol. The number of rotatable bonds is 9. The molecule has 4 aromatic rings. The largest absolute Gasteiger partial charge is 0.486 e. The van der Waals surface area contributed by atoms with Gasteiger partial charge in [0.15, 0.2) is 11.0 Å². The molecule has 0 saturated carbocycles. The number of aromatic nitrogens is 4. The highest BCUT2D eigenvalue weighted by Gasteiger charge is 2.19. The van der Waals surface area contributed by atoms with Gasteiger partial charge < -0.3 is 4.74 Å². The van der Waals surface area contributed by atoms with Crippen molar-refractivity contribution in [1.29, 1.82) is 0 Å². The van der Waals surface area contributed by atoms with Gasteiger partial charge in [-0.2, -0.15) is 0 Å². The Morgan fingerprint density at radius 3 is 2.58 bits per heavy atom. The summed E-state index contributed by atoms with van der Waals surface area (Å²) >= 11 is 9.20. The van der Waals surface area contributed by atoms with Crippen LogP contribution in [0.3, 0.4) is 0 Å². The van der Waals surface area contributed by atoms with Crippen molar-refractivity contribution in [2.45, 2.75) is 36.9 Å². The van der Waals surface area contributed by atoms with Crippen LogP contribution >= 0.6 is 34.7 Å². The van der Waals surface area contributed by atoms with Crippen molar-refractivity contribution in [1.82, 2.24) is 24.6 Å². The molecule has 2 aromatic heterocycles. The highest BCUT2D eigenvalue weighted by Crippen LogP contribution is 2.27. The minimum absolute atomic E-state index is 0.442. The molecule has 0 N–H and O–H groups in total. The van der Waals surface area contributed by atoms with Gasteiger partial charge in [-0.1, -0.05) is 41.6 Å². The van der Waals surface area contributed by atoms with Gasteiger partial charge in [-0.25, -0.2) is 4.98 Å². The van der Waals surface area contributed by atoms with E-state index in [9.17, 15) is 0 Å². The van der Waals surface area contributed by atoms with E-state index < -0.39 is 0 Å². The first kappa shape index (κ1) is 22.4. The van der Waals surface area contributed by atoms with E-state index in [0.717, 1.165) is 58.5 Å².